The first-order valence-corrected chi connectivity index (χ1v) is 4.50. The highest BCUT2D eigenvalue weighted by Gasteiger charge is 2.14. The van der Waals surface area contributed by atoms with Gasteiger partial charge in [-0.05, 0) is 24.1 Å². The van der Waals surface area contributed by atoms with Gasteiger partial charge in [0.15, 0.2) is 0 Å². The first-order valence-electron chi connectivity index (χ1n) is 4.50. The standard InChI is InChI=1S/C10H14N2O/c11-9-3-1-8(2-4-9)5-10-6-13-7-12-10/h1-4,10,12H,5-7,11H2. The summed E-state index contributed by atoms with van der Waals surface area (Å²) in [6.07, 6.45) is 1.01. The molecular weight excluding hydrogens is 164 g/mol. The maximum Gasteiger partial charge on any atom is 0.0969 e. The zero-order chi connectivity index (χ0) is 9.10. The van der Waals surface area contributed by atoms with E-state index < -0.39 is 0 Å². The van der Waals surface area contributed by atoms with E-state index in [1.807, 2.05) is 12.1 Å². The molecule has 1 aliphatic heterocycles. The van der Waals surface area contributed by atoms with Crippen LogP contribution in [0, 0.1) is 0 Å². The lowest BCUT2D eigenvalue weighted by Crippen LogP contribution is -2.25. The first-order chi connectivity index (χ1) is 6.34. The molecular formula is C10H14N2O. The zero-order valence-electron chi connectivity index (χ0n) is 7.49. The zero-order valence-corrected chi connectivity index (χ0v) is 7.49. The van der Waals surface area contributed by atoms with Crippen LogP contribution in [0.1, 0.15) is 5.56 Å². The van der Waals surface area contributed by atoms with E-state index in [0.717, 1.165) is 18.7 Å². The second-order valence-electron chi connectivity index (χ2n) is 3.36. The topological polar surface area (TPSA) is 47.3 Å². The van der Waals surface area contributed by atoms with Gasteiger partial charge in [0.05, 0.1) is 13.3 Å². The Balaban J connectivity index is 1.97. The Morgan fingerprint density at radius 3 is 2.77 bits per heavy atom. The maximum absolute atomic E-state index is 5.59. The Labute approximate surface area is 77.9 Å². The molecule has 2 rings (SSSR count). The van der Waals surface area contributed by atoms with Gasteiger partial charge in [-0.25, -0.2) is 0 Å². The Morgan fingerprint density at radius 2 is 2.15 bits per heavy atom. The Bertz CT molecular complexity index is 265. The lowest BCUT2D eigenvalue weighted by Gasteiger charge is -2.07. The van der Waals surface area contributed by atoms with Gasteiger partial charge in [-0.15, -0.1) is 0 Å². The summed E-state index contributed by atoms with van der Waals surface area (Å²) in [5.41, 5.74) is 7.72. The minimum absolute atomic E-state index is 0.462. The summed E-state index contributed by atoms with van der Waals surface area (Å²) in [6.45, 7) is 1.49. The van der Waals surface area contributed by atoms with Crippen LogP contribution in [0.2, 0.25) is 0 Å². The van der Waals surface area contributed by atoms with Crippen molar-refractivity contribution in [2.24, 2.45) is 0 Å². The number of benzene rings is 1. The number of hydrogen-bond donors (Lipinski definition) is 2. The molecule has 1 fully saturated rings. The van der Waals surface area contributed by atoms with Crippen LogP contribution in [-0.4, -0.2) is 19.4 Å². The molecule has 0 saturated carbocycles. The Hall–Kier alpha value is -1.06. The smallest absolute Gasteiger partial charge is 0.0969 e. The van der Waals surface area contributed by atoms with E-state index in [0.29, 0.717) is 12.8 Å². The van der Waals surface area contributed by atoms with Gasteiger partial charge >= 0.3 is 0 Å². The molecule has 1 saturated heterocycles. The maximum atomic E-state index is 5.59. The summed E-state index contributed by atoms with van der Waals surface area (Å²) in [5, 5.41) is 3.27. The van der Waals surface area contributed by atoms with Crippen molar-refractivity contribution in [2.45, 2.75) is 12.5 Å². The highest BCUT2D eigenvalue weighted by molar-refractivity contribution is 5.39. The SMILES string of the molecule is Nc1ccc(CC2COCN2)cc1. The average Bonchev–Trinajstić information content (AvgIpc) is 2.62. The van der Waals surface area contributed by atoms with Gasteiger partial charge in [0.25, 0.3) is 0 Å². The molecule has 0 radical (unpaired) electrons. The summed E-state index contributed by atoms with van der Waals surface area (Å²) >= 11 is 0. The molecule has 3 N–H and O–H groups in total. The summed E-state index contributed by atoms with van der Waals surface area (Å²) in [4.78, 5) is 0. The van der Waals surface area contributed by atoms with Crippen LogP contribution in [-0.2, 0) is 11.2 Å². The van der Waals surface area contributed by atoms with Crippen molar-refractivity contribution in [3.05, 3.63) is 29.8 Å². The predicted octanol–water partition coefficient (Wildman–Crippen LogP) is 0.757. The van der Waals surface area contributed by atoms with Crippen molar-refractivity contribution in [3.63, 3.8) is 0 Å². The molecule has 0 aromatic heterocycles. The Morgan fingerprint density at radius 1 is 1.38 bits per heavy atom. The molecule has 0 bridgehead atoms. The summed E-state index contributed by atoms with van der Waals surface area (Å²) < 4.78 is 5.22. The van der Waals surface area contributed by atoms with Crippen molar-refractivity contribution in [2.75, 3.05) is 19.1 Å². The molecule has 3 nitrogen and oxygen atoms in total. The third kappa shape index (κ3) is 2.20. The second-order valence-corrected chi connectivity index (χ2v) is 3.36. The van der Waals surface area contributed by atoms with E-state index >= 15 is 0 Å². The molecule has 13 heavy (non-hydrogen) atoms. The second kappa shape index (κ2) is 3.77. The minimum Gasteiger partial charge on any atom is -0.399 e. The fourth-order valence-electron chi connectivity index (χ4n) is 1.51. The van der Waals surface area contributed by atoms with Gasteiger partial charge in [0, 0.05) is 11.7 Å². The lowest BCUT2D eigenvalue weighted by atomic mass is 10.1. The molecule has 1 aromatic carbocycles. The average molecular weight is 178 g/mol. The number of anilines is 1. The number of nitrogen functional groups attached to an aromatic ring is 1. The van der Waals surface area contributed by atoms with Crippen molar-refractivity contribution < 1.29 is 4.74 Å². The van der Waals surface area contributed by atoms with Crippen LogP contribution < -0.4 is 11.1 Å². The van der Waals surface area contributed by atoms with Crippen molar-refractivity contribution in [1.29, 1.82) is 0 Å². The van der Waals surface area contributed by atoms with Gasteiger partial charge in [-0.1, -0.05) is 12.1 Å². The van der Waals surface area contributed by atoms with Crippen LogP contribution in [0.3, 0.4) is 0 Å². The molecule has 0 amide bonds. The molecule has 1 unspecified atom stereocenters. The van der Waals surface area contributed by atoms with Gasteiger partial charge in [0.2, 0.25) is 0 Å². The summed E-state index contributed by atoms with van der Waals surface area (Å²) in [6, 6.07) is 8.46. The number of rotatable bonds is 2. The fourth-order valence-corrected chi connectivity index (χ4v) is 1.51. The molecule has 1 aliphatic rings. The van der Waals surface area contributed by atoms with Crippen LogP contribution >= 0.6 is 0 Å². The molecule has 1 aromatic rings. The summed E-state index contributed by atoms with van der Waals surface area (Å²) in [5.74, 6) is 0. The van der Waals surface area contributed by atoms with Gasteiger partial charge in [-0.2, -0.15) is 0 Å². The summed E-state index contributed by atoms with van der Waals surface area (Å²) in [7, 11) is 0. The van der Waals surface area contributed by atoms with Crippen LogP contribution in [0.4, 0.5) is 5.69 Å². The van der Waals surface area contributed by atoms with Crippen LogP contribution in [0.15, 0.2) is 24.3 Å². The van der Waals surface area contributed by atoms with E-state index in [-0.39, 0.29) is 0 Å². The van der Waals surface area contributed by atoms with Gasteiger partial charge in [-0.3, -0.25) is 5.32 Å². The monoisotopic (exact) mass is 178 g/mol. The molecule has 70 valence electrons. The Kier molecular flexibility index (Phi) is 2.47. The minimum atomic E-state index is 0.462. The predicted molar refractivity (Wildman–Crippen MR) is 52.3 cm³/mol. The van der Waals surface area contributed by atoms with Crippen LogP contribution in [0.25, 0.3) is 0 Å². The highest BCUT2D eigenvalue weighted by Crippen LogP contribution is 2.09. The number of ether oxygens (including phenoxy) is 1. The molecule has 0 spiro atoms. The van der Waals surface area contributed by atoms with E-state index in [2.05, 4.69) is 17.4 Å². The number of nitrogens with two attached hydrogens (primary N) is 1. The molecule has 3 heteroatoms. The van der Waals surface area contributed by atoms with Crippen LogP contribution in [0.5, 0.6) is 0 Å². The molecule has 0 aliphatic carbocycles. The molecule has 1 heterocycles. The van der Waals surface area contributed by atoms with Gasteiger partial charge < -0.3 is 10.5 Å². The fraction of sp³-hybridized carbons (Fsp3) is 0.400. The van der Waals surface area contributed by atoms with Crippen molar-refractivity contribution in [1.82, 2.24) is 5.32 Å². The first kappa shape index (κ1) is 8.53. The molecule has 1 atom stereocenters. The highest BCUT2D eigenvalue weighted by atomic mass is 16.5. The van der Waals surface area contributed by atoms with E-state index in [4.69, 9.17) is 10.5 Å². The van der Waals surface area contributed by atoms with Crippen molar-refractivity contribution >= 4 is 5.69 Å². The van der Waals surface area contributed by atoms with E-state index in [9.17, 15) is 0 Å². The van der Waals surface area contributed by atoms with E-state index in [1.54, 1.807) is 0 Å². The largest absolute Gasteiger partial charge is 0.399 e. The van der Waals surface area contributed by atoms with Crippen molar-refractivity contribution in [3.8, 4) is 0 Å². The van der Waals surface area contributed by atoms with Gasteiger partial charge in [0.1, 0.15) is 0 Å². The third-order valence-electron chi connectivity index (χ3n) is 2.25. The number of hydrogen-bond acceptors (Lipinski definition) is 3. The number of nitrogens with one attached hydrogen (secondary N) is 1. The van der Waals surface area contributed by atoms with E-state index in [1.165, 1.54) is 5.56 Å². The quantitative estimate of drug-likeness (QED) is 0.657. The third-order valence-corrected chi connectivity index (χ3v) is 2.25. The lowest BCUT2D eigenvalue weighted by molar-refractivity contribution is 0.189. The normalized spacial score (nSPS) is 22.0.